The first-order valence-electron chi connectivity index (χ1n) is 19.4. The van der Waals surface area contributed by atoms with Crippen molar-refractivity contribution in [3.05, 3.63) is 105 Å². The van der Waals surface area contributed by atoms with Crippen LogP contribution in [0.15, 0.2) is 72.8 Å². The SMILES string of the molecule is CCN(CC)c1ccc(NC(=O)c2cccc(CCCOCCOCCOCCOCCC(=O)O)c2)c(C2=CC(C(=O)NCc3cccc(C(F)(F)F)c3)CC#[N+]2)c1. The number of nitrogens with zero attached hydrogens (tertiary/aromatic N) is 2. The molecule has 0 bridgehead atoms. The van der Waals surface area contributed by atoms with Crippen LogP contribution in [0.4, 0.5) is 24.5 Å². The van der Waals surface area contributed by atoms with E-state index >= 15 is 0 Å². The van der Waals surface area contributed by atoms with Gasteiger partial charge in [-0.1, -0.05) is 24.3 Å². The third-order valence-electron chi connectivity index (χ3n) is 9.10. The monoisotopic (exact) mass is 809 g/mol. The molecule has 1 heterocycles. The number of amides is 2. The van der Waals surface area contributed by atoms with Gasteiger partial charge in [-0.25, -0.2) is 0 Å². The van der Waals surface area contributed by atoms with Crippen molar-refractivity contribution in [1.82, 2.24) is 5.32 Å². The van der Waals surface area contributed by atoms with Crippen LogP contribution in [0.25, 0.3) is 10.5 Å². The van der Waals surface area contributed by atoms with Crippen LogP contribution < -0.4 is 15.5 Å². The summed E-state index contributed by atoms with van der Waals surface area (Å²) in [6.45, 7) is 8.52. The minimum absolute atomic E-state index is 0.0339. The van der Waals surface area contributed by atoms with Crippen molar-refractivity contribution >= 4 is 34.9 Å². The average molecular weight is 810 g/mol. The number of aryl methyl sites for hydroxylation is 1. The van der Waals surface area contributed by atoms with Gasteiger partial charge in [-0.05, 0) is 85.1 Å². The number of anilines is 2. The number of hydrogen-bond acceptors (Lipinski definition) is 8. The molecule has 312 valence electrons. The largest absolute Gasteiger partial charge is 0.481 e. The van der Waals surface area contributed by atoms with Crippen LogP contribution in [0.2, 0.25) is 0 Å². The number of alkyl halides is 3. The van der Waals surface area contributed by atoms with E-state index < -0.39 is 23.6 Å². The number of halogens is 3. The highest BCUT2D eigenvalue weighted by molar-refractivity contribution is 6.06. The van der Waals surface area contributed by atoms with Crippen molar-refractivity contribution in [1.29, 1.82) is 0 Å². The van der Waals surface area contributed by atoms with E-state index in [0.29, 0.717) is 80.7 Å². The number of carbonyl (C=O) groups excluding carboxylic acids is 2. The van der Waals surface area contributed by atoms with Crippen LogP contribution in [0.1, 0.15) is 65.7 Å². The van der Waals surface area contributed by atoms with Gasteiger partial charge in [-0.3, -0.25) is 14.4 Å². The molecule has 12 nitrogen and oxygen atoms in total. The minimum Gasteiger partial charge on any atom is -0.481 e. The zero-order valence-electron chi connectivity index (χ0n) is 32.9. The predicted octanol–water partition coefficient (Wildman–Crippen LogP) is 7.29. The Morgan fingerprint density at radius 1 is 0.845 bits per heavy atom. The molecule has 2 amide bonds. The molecule has 0 saturated heterocycles. The second-order valence-corrected chi connectivity index (χ2v) is 13.3. The Hall–Kier alpha value is -5.27. The quantitative estimate of drug-likeness (QED) is 0.0754. The van der Waals surface area contributed by atoms with E-state index in [4.69, 9.17) is 24.1 Å². The molecule has 58 heavy (non-hydrogen) atoms. The summed E-state index contributed by atoms with van der Waals surface area (Å²) in [5, 5.41) is 14.3. The van der Waals surface area contributed by atoms with Gasteiger partial charge in [0.15, 0.2) is 0 Å². The lowest BCUT2D eigenvalue weighted by Crippen LogP contribution is -2.30. The van der Waals surface area contributed by atoms with Crippen molar-refractivity contribution in [3.8, 4) is 6.07 Å². The highest BCUT2D eigenvalue weighted by Gasteiger charge is 2.31. The van der Waals surface area contributed by atoms with Crippen LogP contribution in [0.5, 0.6) is 0 Å². The van der Waals surface area contributed by atoms with E-state index in [2.05, 4.69) is 26.4 Å². The topological polar surface area (TPSA) is 140 Å². The molecule has 0 spiro atoms. The Morgan fingerprint density at radius 3 is 2.17 bits per heavy atom. The van der Waals surface area contributed by atoms with Crippen molar-refractivity contribution in [2.45, 2.75) is 52.3 Å². The summed E-state index contributed by atoms with van der Waals surface area (Å²) in [6, 6.07) is 20.8. The van der Waals surface area contributed by atoms with Gasteiger partial charge in [0.25, 0.3) is 12.0 Å². The van der Waals surface area contributed by atoms with Gasteiger partial charge >= 0.3 is 17.8 Å². The summed E-state index contributed by atoms with van der Waals surface area (Å²) >= 11 is 0. The van der Waals surface area contributed by atoms with Gasteiger partial charge in [0.2, 0.25) is 5.91 Å². The molecule has 0 fully saturated rings. The maximum absolute atomic E-state index is 13.6. The molecule has 1 atom stereocenters. The minimum atomic E-state index is -4.49. The summed E-state index contributed by atoms with van der Waals surface area (Å²) < 4.78 is 61.3. The van der Waals surface area contributed by atoms with E-state index in [1.807, 2.05) is 50.2 Å². The lowest BCUT2D eigenvalue weighted by atomic mass is 9.97. The highest BCUT2D eigenvalue weighted by atomic mass is 19.4. The number of carboxylic acid groups (broad SMARTS) is 1. The van der Waals surface area contributed by atoms with E-state index in [1.165, 1.54) is 12.1 Å². The van der Waals surface area contributed by atoms with Crippen molar-refractivity contribution in [2.75, 3.05) is 76.2 Å². The summed E-state index contributed by atoms with van der Waals surface area (Å²) in [7, 11) is 0. The zero-order valence-corrected chi connectivity index (χ0v) is 32.9. The molecular formula is C43H52F3N4O8+. The molecule has 3 aromatic carbocycles. The number of ether oxygens (including phenoxy) is 4. The number of nitrogens with one attached hydrogen (secondary N) is 2. The third-order valence-corrected chi connectivity index (χ3v) is 9.10. The molecule has 15 heteroatoms. The Bertz CT molecular complexity index is 1910. The molecule has 0 aromatic heterocycles. The standard InChI is InChI=1S/C43H51F3N4O8/c1-3-50(4-2)36-13-14-38(37(29-36)39-28-34(15-17-47-39)41(53)48-30-32-9-6-12-35(27-32)43(44,45)46)49-42(54)33-11-5-8-31(26-33)10-7-18-55-20-22-57-24-25-58-23-21-56-19-16-40(51)52/h5-6,8-9,11-14,26-29,34H,3-4,7,10,15-16,18-25,30H2,1-2H3,(H2-,48,49,51,52,53,54)/p+1. The van der Waals surface area contributed by atoms with Crippen LogP contribution >= 0.6 is 0 Å². The lowest BCUT2D eigenvalue weighted by Gasteiger charge is -2.22. The molecule has 3 N–H and O–H groups in total. The van der Waals surface area contributed by atoms with E-state index in [0.717, 1.165) is 42.9 Å². The molecule has 0 saturated carbocycles. The Labute approximate surface area is 337 Å². The van der Waals surface area contributed by atoms with Crippen LogP contribution in [-0.2, 0) is 47.7 Å². The molecular weight excluding hydrogens is 757 g/mol. The Kier molecular flexibility index (Phi) is 18.7. The Balaban J connectivity index is 1.30. The number of carbonyl (C=O) groups is 3. The lowest BCUT2D eigenvalue weighted by molar-refractivity contribution is -0.139. The fourth-order valence-corrected chi connectivity index (χ4v) is 6.01. The smallest absolute Gasteiger partial charge is 0.416 e. The molecule has 0 aliphatic carbocycles. The van der Waals surface area contributed by atoms with Gasteiger partial charge in [0.05, 0.1) is 81.8 Å². The average Bonchev–Trinajstić information content (AvgIpc) is 3.22. The number of hydrogen-bond donors (Lipinski definition) is 3. The van der Waals surface area contributed by atoms with Gasteiger partial charge in [0.1, 0.15) is 0 Å². The summed E-state index contributed by atoms with van der Waals surface area (Å²) in [4.78, 5) is 44.0. The summed E-state index contributed by atoms with van der Waals surface area (Å²) in [6.07, 6.45) is -1.19. The van der Waals surface area contributed by atoms with Crippen molar-refractivity contribution in [2.24, 2.45) is 5.92 Å². The fraction of sp³-hybridized carbons (Fsp3) is 0.442. The van der Waals surface area contributed by atoms with E-state index in [1.54, 1.807) is 12.1 Å². The second-order valence-electron chi connectivity index (χ2n) is 13.3. The number of rotatable bonds is 25. The van der Waals surface area contributed by atoms with Crippen molar-refractivity contribution in [3.63, 3.8) is 0 Å². The molecule has 1 unspecified atom stereocenters. The maximum Gasteiger partial charge on any atom is 0.416 e. The predicted molar refractivity (Wildman–Crippen MR) is 215 cm³/mol. The number of carboxylic acids is 1. The van der Waals surface area contributed by atoms with Gasteiger partial charge in [0, 0.05) is 43.6 Å². The Morgan fingerprint density at radius 2 is 1.50 bits per heavy atom. The molecule has 3 aromatic rings. The first kappa shape index (κ1) is 45.4. The first-order valence-corrected chi connectivity index (χ1v) is 19.4. The van der Waals surface area contributed by atoms with Crippen LogP contribution in [0.3, 0.4) is 0 Å². The molecule has 1 aliphatic rings. The summed E-state index contributed by atoms with van der Waals surface area (Å²) in [5.41, 5.74) is 3.44. The number of benzene rings is 3. The van der Waals surface area contributed by atoms with Crippen LogP contribution in [-0.4, -0.2) is 88.8 Å². The van der Waals surface area contributed by atoms with Gasteiger partial charge in [-0.2, -0.15) is 13.2 Å². The normalized spacial score (nSPS) is 13.6. The van der Waals surface area contributed by atoms with Gasteiger partial charge in [-0.15, -0.1) is 0 Å². The zero-order chi connectivity index (χ0) is 41.8. The van der Waals surface area contributed by atoms with Crippen LogP contribution in [0, 0.1) is 12.0 Å². The first-order chi connectivity index (χ1) is 28.0. The van der Waals surface area contributed by atoms with E-state index in [9.17, 15) is 27.6 Å². The maximum atomic E-state index is 13.6. The van der Waals surface area contributed by atoms with E-state index in [-0.39, 0.29) is 37.8 Å². The fourth-order valence-electron chi connectivity index (χ4n) is 6.01. The summed E-state index contributed by atoms with van der Waals surface area (Å²) in [5.74, 6) is -2.27. The molecule has 1 aliphatic heterocycles. The third kappa shape index (κ3) is 15.2. The molecule has 4 rings (SSSR count). The van der Waals surface area contributed by atoms with Crippen molar-refractivity contribution < 1.29 is 51.6 Å². The highest BCUT2D eigenvalue weighted by Crippen LogP contribution is 2.34. The van der Waals surface area contributed by atoms with Gasteiger partial charge < -0.3 is 39.6 Å². The molecule has 0 radical (unpaired) electrons. The number of aliphatic carboxylic acids is 1. The second kappa shape index (κ2) is 23.8.